The van der Waals surface area contributed by atoms with Crippen LogP contribution in [0.5, 0.6) is 23.0 Å². The second-order valence-electron chi connectivity index (χ2n) is 7.10. The lowest BCUT2D eigenvalue weighted by Gasteiger charge is -2.16. The Bertz CT molecular complexity index is 1400. The number of carbonyl (C=O) groups is 1. The van der Waals surface area contributed by atoms with Gasteiger partial charge in [-0.2, -0.15) is 0 Å². The minimum absolute atomic E-state index is 0.0440. The molecule has 0 saturated carbocycles. The molecule has 1 aromatic heterocycles. The number of rotatable bonds is 6. The van der Waals surface area contributed by atoms with E-state index in [0.717, 1.165) is 0 Å². The van der Waals surface area contributed by atoms with Crippen molar-refractivity contribution >= 4 is 27.7 Å². The molecule has 3 aromatic carbocycles. The summed E-state index contributed by atoms with van der Waals surface area (Å²) in [5.41, 5.74) is 2.10. The van der Waals surface area contributed by atoms with Crippen LogP contribution in [0.15, 0.2) is 51.7 Å². The first-order chi connectivity index (χ1) is 15.4. The fraction of sp³-hybridized carbons (Fsp3) is 0.200. The summed E-state index contributed by atoms with van der Waals surface area (Å²) in [5, 5.41) is 0.607. The molecule has 0 radical (unpaired) electrons. The van der Waals surface area contributed by atoms with Crippen LogP contribution < -0.4 is 24.4 Å². The van der Waals surface area contributed by atoms with Crippen LogP contribution in [0.3, 0.4) is 0 Å². The van der Waals surface area contributed by atoms with Crippen molar-refractivity contribution in [2.45, 2.75) is 6.92 Å². The van der Waals surface area contributed by atoms with E-state index in [9.17, 15) is 9.59 Å². The quantitative estimate of drug-likeness (QED) is 0.317. The number of hydrogen-bond donors (Lipinski definition) is 0. The van der Waals surface area contributed by atoms with Crippen LogP contribution in [-0.2, 0) is 0 Å². The van der Waals surface area contributed by atoms with E-state index in [0.29, 0.717) is 45.1 Å². The molecule has 4 aromatic rings. The van der Waals surface area contributed by atoms with Gasteiger partial charge in [-0.15, -0.1) is 0 Å². The maximum atomic E-state index is 13.5. The average Bonchev–Trinajstić information content (AvgIpc) is 2.82. The lowest BCUT2D eigenvalue weighted by molar-refractivity contribution is 0.101. The zero-order valence-electron chi connectivity index (χ0n) is 18.4. The summed E-state index contributed by atoms with van der Waals surface area (Å²) in [6.07, 6.45) is 0. The summed E-state index contributed by atoms with van der Waals surface area (Å²) in [6, 6.07) is 11.9. The third kappa shape index (κ3) is 3.22. The number of ether oxygens (including phenoxy) is 4. The van der Waals surface area contributed by atoms with E-state index >= 15 is 0 Å². The van der Waals surface area contributed by atoms with Gasteiger partial charge in [0.05, 0.1) is 39.4 Å². The predicted octanol–water partition coefficient (Wildman–Crippen LogP) is 4.85. The van der Waals surface area contributed by atoms with E-state index in [-0.39, 0.29) is 27.8 Å². The highest BCUT2D eigenvalue weighted by Gasteiger charge is 2.24. The standard InChI is InChI=1S/C25H22O7/c1-13(26)14-6-8-15(9-7-14)20-18(29-3)12-19(30-4)21-22(27)16-10-11-17(28-2)24(31-5)23(16)32-25(20)21/h6-12H,1-5H3. The Labute approximate surface area is 184 Å². The highest BCUT2D eigenvalue weighted by atomic mass is 16.5. The van der Waals surface area contributed by atoms with Crippen LogP contribution in [0.25, 0.3) is 33.1 Å². The van der Waals surface area contributed by atoms with Crippen LogP contribution in [0.2, 0.25) is 0 Å². The van der Waals surface area contributed by atoms with Crippen molar-refractivity contribution in [3.05, 3.63) is 58.3 Å². The zero-order chi connectivity index (χ0) is 23.0. The Kier molecular flexibility index (Phi) is 5.48. The summed E-state index contributed by atoms with van der Waals surface area (Å²) < 4.78 is 28.3. The van der Waals surface area contributed by atoms with Crippen molar-refractivity contribution in [3.63, 3.8) is 0 Å². The molecule has 0 aliphatic heterocycles. The van der Waals surface area contributed by atoms with Crippen molar-refractivity contribution in [3.8, 4) is 34.1 Å². The van der Waals surface area contributed by atoms with Gasteiger partial charge in [0.1, 0.15) is 16.9 Å². The normalized spacial score (nSPS) is 10.9. The molecule has 7 nitrogen and oxygen atoms in total. The van der Waals surface area contributed by atoms with Gasteiger partial charge in [-0.1, -0.05) is 24.3 Å². The van der Waals surface area contributed by atoms with Crippen molar-refractivity contribution in [2.24, 2.45) is 0 Å². The largest absolute Gasteiger partial charge is 0.496 e. The van der Waals surface area contributed by atoms with Crippen LogP contribution in [0.4, 0.5) is 0 Å². The first-order valence-electron chi connectivity index (χ1n) is 9.83. The van der Waals surface area contributed by atoms with Gasteiger partial charge in [0.2, 0.25) is 11.2 Å². The van der Waals surface area contributed by atoms with Crippen molar-refractivity contribution in [2.75, 3.05) is 28.4 Å². The fourth-order valence-corrected chi connectivity index (χ4v) is 3.81. The molecule has 1 heterocycles. The van der Waals surface area contributed by atoms with E-state index in [1.807, 2.05) is 0 Å². The molecule has 0 atom stereocenters. The molecule has 0 bridgehead atoms. The van der Waals surface area contributed by atoms with Gasteiger partial charge in [0, 0.05) is 11.6 Å². The average molecular weight is 434 g/mol. The third-order valence-corrected chi connectivity index (χ3v) is 5.40. The van der Waals surface area contributed by atoms with Gasteiger partial charge in [0.25, 0.3) is 0 Å². The number of ketones is 1. The summed E-state index contributed by atoms with van der Waals surface area (Å²) in [4.78, 5) is 25.2. The molecule has 0 saturated heterocycles. The van der Waals surface area contributed by atoms with Crippen LogP contribution in [-0.4, -0.2) is 34.2 Å². The van der Waals surface area contributed by atoms with E-state index in [4.69, 9.17) is 23.4 Å². The fourth-order valence-electron chi connectivity index (χ4n) is 3.81. The van der Waals surface area contributed by atoms with E-state index in [1.54, 1.807) is 42.5 Å². The van der Waals surface area contributed by atoms with E-state index < -0.39 is 0 Å². The maximum Gasteiger partial charge on any atom is 0.204 e. The zero-order valence-corrected chi connectivity index (χ0v) is 18.4. The maximum absolute atomic E-state index is 13.5. The van der Waals surface area contributed by atoms with Crippen LogP contribution in [0.1, 0.15) is 17.3 Å². The Morgan fingerprint density at radius 2 is 1.44 bits per heavy atom. The number of carbonyl (C=O) groups excluding carboxylic acids is 1. The number of Topliss-reactive ketones (excluding diaryl/α,β-unsaturated/α-hetero) is 1. The Morgan fingerprint density at radius 3 is 2.00 bits per heavy atom. The van der Waals surface area contributed by atoms with Crippen molar-refractivity contribution in [1.29, 1.82) is 0 Å². The van der Waals surface area contributed by atoms with Crippen molar-refractivity contribution in [1.82, 2.24) is 0 Å². The van der Waals surface area contributed by atoms with Gasteiger partial charge in [-0.05, 0) is 24.6 Å². The second kappa shape index (κ2) is 8.26. The first kappa shape index (κ1) is 21.2. The molecule has 0 unspecified atom stereocenters. The SMILES string of the molecule is COc1ccc2c(=O)c3c(OC)cc(OC)c(-c4ccc(C(C)=O)cc4)c3oc2c1OC. The van der Waals surface area contributed by atoms with Crippen molar-refractivity contribution < 1.29 is 28.2 Å². The van der Waals surface area contributed by atoms with Crippen LogP contribution >= 0.6 is 0 Å². The molecule has 0 aliphatic carbocycles. The molecule has 0 spiro atoms. The van der Waals surface area contributed by atoms with E-state index in [2.05, 4.69) is 0 Å². The monoisotopic (exact) mass is 434 g/mol. The van der Waals surface area contributed by atoms with E-state index in [1.165, 1.54) is 35.4 Å². The molecule has 0 aliphatic rings. The second-order valence-corrected chi connectivity index (χ2v) is 7.10. The summed E-state index contributed by atoms with van der Waals surface area (Å²) >= 11 is 0. The third-order valence-electron chi connectivity index (χ3n) is 5.40. The highest BCUT2D eigenvalue weighted by Crippen LogP contribution is 2.44. The molecule has 4 rings (SSSR count). The molecular formula is C25H22O7. The van der Waals surface area contributed by atoms with Gasteiger partial charge < -0.3 is 23.4 Å². The Hall–Kier alpha value is -4.00. The molecule has 164 valence electrons. The lowest BCUT2D eigenvalue weighted by atomic mass is 9.98. The van der Waals surface area contributed by atoms with Gasteiger partial charge in [0.15, 0.2) is 22.7 Å². The molecule has 7 heteroatoms. The lowest BCUT2D eigenvalue weighted by Crippen LogP contribution is -2.07. The summed E-state index contributed by atoms with van der Waals surface area (Å²) in [5.74, 6) is 1.48. The predicted molar refractivity (Wildman–Crippen MR) is 122 cm³/mol. The number of fused-ring (bicyclic) bond motifs is 2. The summed E-state index contributed by atoms with van der Waals surface area (Å²) in [6.45, 7) is 1.50. The number of benzene rings is 3. The topological polar surface area (TPSA) is 84.2 Å². The molecule has 0 N–H and O–H groups in total. The minimum atomic E-state index is -0.275. The minimum Gasteiger partial charge on any atom is -0.496 e. The Balaban J connectivity index is 2.19. The molecule has 0 amide bonds. The van der Waals surface area contributed by atoms with Gasteiger partial charge in [-0.25, -0.2) is 0 Å². The smallest absolute Gasteiger partial charge is 0.204 e. The summed E-state index contributed by atoms with van der Waals surface area (Å²) in [7, 11) is 6.00. The first-order valence-corrected chi connectivity index (χ1v) is 9.83. The molecular weight excluding hydrogens is 412 g/mol. The van der Waals surface area contributed by atoms with Crippen LogP contribution in [0, 0.1) is 0 Å². The highest BCUT2D eigenvalue weighted by molar-refractivity contribution is 6.04. The number of methoxy groups -OCH3 is 4. The molecule has 32 heavy (non-hydrogen) atoms. The number of hydrogen-bond acceptors (Lipinski definition) is 7. The Morgan fingerprint density at radius 1 is 0.781 bits per heavy atom. The molecule has 0 fully saturated rings. The van der Waals surface area contributed by atoms with Gasteiger partial charge in [-0.3, -0.25) is 9.59 Å². The van der Waals surface area contributed by atoms with Gasteiger partial charge >= 0.3 is 0 Å².